The third kappa shape index (κ3) is 4.71. The number of halogens is 3. The highest BCUT2D eigenvalue weighted by molar-refractivity contribution is 5.98. The summed E-state index contributed by atoms with van der Waals surface area (Å²) in [6, 6.07) is 18.9. The average molecular weight is 476 g/mol. The molecule has 35 heavy (non-hydrogen) atoms. The Morgan fingerprint density at radius 3 is 2.60 bits per heavy atom. The lowest BCUT2D eigenvalue weighted by Crippen LogP contribution is -2.25. The van der Waals surface area contributed by atoms with Crippen LogP contribution in [0.3, 0.4) is 0 Å². The Balaban J connectivity index is 1.30. The van der Waals surface area contributed by atoms with Crippen LogP contribution in [0.1, 0.15) is 29.0 Å². The molecule has 0 aliphatic heterocycles. The molecular formula is C28H23F3N2O2. The van der Waals surface area contributed by atoms with Crippen molar-refractivity contribution < 1.29 is 22.7 Å². The zero-order chi connectivity index (χ0) is 24.6. The Bertz CT molecular complexity index is 1380. The SMILES string of the molecule is COc1cccc(-c2ccc(CNC(=O)[C@@H]3C[C@@H]3c3ccc(C(F)(F)F)cc3)c3cnccc23)c1. The molecule has 1 saturated carbocycles. The fourth-order valence-corrected chi connectivity index (χ4v) is 4.53. The molecule has 1 N–H and O–H groups in total. The van der Waals surface area contributed by atoms with Gasteiger partial charge in [0, 0.05) is 30.2 Å². The van der Waals surface area contributed by atoms with Gasteiger partial charge in [-0.25, -0.2) is 0 Å². The second kappa shape index (κ2) is 9.06. The van der Waals surface area contributed by atoms with Crippen LogP contribution in [0.25, 0.3) is 21.9 Å². The molecule has 0 radical (unpaired) electrons. The normalized spacial score (nSPS) is 17.3. The first-order chi connectivity index (χ1) is 16.8. The number of rotatable bonds is 6. The number of amides is 1. The zero-order valence-corrected chi connectivity index (χ0v) is 19.0. The van der Waals surface area contributed by atoms with E-state index >= 15 is 0 Å². The second-order valence-electron chi connectivity index (χ2n) is 8.71. The topological polar surface area (TPSA) is 51.2 Å². The van der Waals surface area contributed by atoms with Gasteiger partial charge in [-0.2, -0.15) is 13.2 Å². The van der Waals surface area contributed by atoms with E-state index < -0.39 is 11.7 Å². The minimum atomic E-state index is -4.36. The van der Waals surface area contributed by atoms with Gasteiger partial charge in [-0.15, -0.1) is 0 Å². The van der Waals surface area contributed by atoms with E-state index in [9.17, 15) is 18.0 Å². The van der Waals surface area contributed by atoms with Crippen LogP contribution in [0.15, 0.2) is 79.1 Å². The van der Waals surface area contributed by atoms with Crippen LogP contribution in [-0.2, 0) is 17.5 Å². The summed E-state index contributed by atoms with van der Waals surface area (Å²) < 4.78 is 43.7. The number of carbonyl (C=O) groups is 1. The number of hydrogen-bond acceptors (Lipinski definition) is 3. The molecule has 4 nitrogen and oxygen atoms in total. The molecule has 0 bridgehead atoms. The number of hydrogen-bond donors (Lipinski definition) is 1. The minimum absolute atomic E-state index is 0.0499. The highest BCUT2D eigenvalue weighted by Gasteiger charge is 2.44. The van der Waals surface area contributed by atoms with Crippen molar-refractivity contribution in [3.63, 3.8) is 0 Å². The van der Waals surface area contributed by atoms with Gasteiger partial charge >= 0.3 is 6.18 Å². The largest absolute Gasteiger partial charge is 0.497 e. The van der Waals surface area contributed by atoms with Gasteiger partial charge in [0.05, 0.1) is 12.7 Å². The number of fused-ring (bicyclic) bond motifs is 1. The summed E-state index contributed by atoms with van der Waals surface area (Å²) in [5.41, 5.74) is 3.09. The van der Waals surface area contributed by atoms with E-state index in [0.717, 1.165) is 50.9 Å². The predicted octanol–water partition coefficient (Wildman–Crippen LogP) is 6.35. The molecule has 3 aromatic carbocycles. The molecule has 1 aromatic heterocycles. The summed E-state index contributed by atoms with van der Waals surface area (Å²) >= 11 is 0. The van der Waals surface area contributed by atoms with Gasteiger partial charge in [0.15, 0.2) is 0 Å². The lowest BCUT2D eigenvalue weighted by Gasteiger charge is -2.13. The van der Waals surface area contributed by atoms with E-state index in [1.807, 2.05) is 42.5 Å². The molecular weight excluding hydrogens is 453 g/mol. The van der Waals surface area contributed by atoms with Gasteiger partial charge in [-0.1, -0.05) is 36.4 Å². The Kier molecular flexibility index (Phi) is 5.93. The molecule has 5 rings (SSSR count). The molecule has 0 saturated heterocycles. The Morgan fingerprint density at radius 1 is 1.06 bits per heavy atom. The van der Waals surface area contributed by atoms with Gasteiger partial charge in [-0.3, -0.25) is 9.78 Å². The summed E-state index contributed by atoms with van der Waals surface area (Å²) in [5, 5.41) is 4.97. The van der Waals surface area contributed by atoms with Gasteiger partial charge in [0.2, 0.25) is 5.91 Å². The first kappa shape index (κ1) is 22.9. The smallest absolute Gasteiger partial charge is 0.416 e. The molecule has 1 fully saturated rings. The summed E-state index contributed by atoms with van der Waals surface area (Å²) in [4.78, 5) is 17.0. The number of carbonyl (C=O) groups excluding carboxylic acids is 1. The van der Waals surface area contributed by atoms with Crippen LogP contribution in [-0.4, -0.2) is 18.0 Å². The number of alkyl halides is 3. The molecule has 178 valence electrons. The zero-order valence-electron chi connectivity index (χ0n) is 19.0. The monoisotopic (exact) mass is 476 g/mol. The van der Waals surface area contributed by atoms with Crippen molar-refractivity contribution >= 4 is 16.7 Å². The summed E-state index contributed by atoms with van der Waals surface area (Å²) in [7, 11) is 1.63. The molecule has 1 aliphatic carbocycles. The van der Waals surface area contributed by atoms with Crippen LogP contribution in [0, 0.1) is 5.92 Å². The first-order valence-electron chi connectivity index (χ1n) is 11.3. The Labute approximate surface area is 200 Å². The summed E-state index contributed by atoms with van der Waals surface area (Å²) in [5.74, 6) is 0.398. The molecule has 1 amide bonds. The summed E-state index contributed by atoms with van der Waals surface area (Å²) in [6.45, 7) is 0.343. The summed E-state index contributed by atoms with van der Waals surface area (Å²) in [6.07, 6.45) is -0.192. The molecule has 1 aliphatic rings. The lowest BCUT2D eigenvalue weighted by molar-refractivity contribution is -0.137. The van der Waals surface area contributed by atoms with E-state index in [-0.39, 0.29) is 17.7 Å². The van der Waals surface area contributed by atoms with Crippen molar-refractivity contribution in [3.8, 4) is 16.9 Å². The van der Waals surface area contributed by atoms with Crippen LogP contribution in [0.2, 0.25) is 0 Å². The number of nitrogens with one attached hydrogen (secondary N) is 1. The van der Waals surface area contributed by atoms with Crippen molar-refractivity contribution in [2.24, 2.45) is 5.92 Å². The molecule has 0 spiro atoms. The van der Waals surface area contributed by atoms with Gasteiger partial charge in [0.1, 0.15) is 5.75 Å². The number of ether oxygens (including phenoxy) is 1. The standard InChI is InChI=1S/C28H23F3N2O2/c1-35-21-4-2-3-18(13-21)22-10-7-19(26-16-32-12-11-23(22)26)15-33-27(34)25-14-24(25)17-5-8-20(9-6-17)28(29,30)31/h2-13,16,24-25H,14-15H2,1H3,(H,33,34)/t24-,25-/m1/s1. The predicted molar refractivity (Wildman–Crippen MR) is 128 cm³/mol. The van der Waals surface area contributed by atoms with Crippen molar-refractivity contribution in [2.75, 3.05) is 7.11 Å². The maximum Gasteiger partial charge on any atom is 0.416 e. The molecule has 4 aromatic rings. The fourth-order valence-electron chi connectivity index (χ4n) is 4.53. The third-order valence-electron chi connectivity index (χ3n) is 6.54. The van der Waals surface area contributed by atoms with Crippen LogP contribution >= 0.6 is 0 Å². The van der Waals surface area contributed by atoms with Gasteiger partial charge < -0.3 is 10.1 Å². The molecule has 7 heteroatoms. The molecule has 1 heterocycles. The molecule has 2 atom stereocenters. The minimum Gasteiger partial charge on any atom is -0.497 e. The average Bonchev–Trinajstić information content (AvgIpc) is 3.68. The first-order valence-corrected chi connectivity index (χ1v) is 11.3. The van der Waals surface area contributed by atoms with Crippen LogP contribution in [0.5, 0.6) is 5.75 Å². The van der Waals surface area contributed by atoms with Gasteiger partial charge in [-0.05, 0) is 70.3 Å². The van der Waals surface area contributed by atoms with E-state index in [2.05, 4.69) is 10.3 Å². The van der Waals surface area contributed by atoms with Gasteiger partial charge in [0.25, 0.3) is 0 Å². The number of benzene rings is 3. The van der Waals surface area contributed by atoms with Crippen LogP contribution in [0.4, 0.5) is 13.2 Å². The van der Waals surface area contributed by atoms with Crippen molar-refractivity contribution in [3.05, 3.63) is 95.8 Å². The van der Waals surface area contributed by atoms with Crippen molar-refractivity contribution in [1.82, 2.24) is 10.3 Å². The Hall–Kier alpha value is -3.87. The number of pyridine rings is 1. The van der Waals surface area contributed by atoms with E-state index in [1.54, 1.807) is 19.5 Å². The van der Waals surface area contributed by atoms with E-state index in [1.165, 1.54) is 12.1 Å². The van der Waals surface area contributed by atoms with Crippen LogP contribution < -0.4 is 10.1 Å². The quantitative estimate of drug-likeness (QED) is 0.353. The van der Waals surface area contributed by atoms with Crippen molar-refractivity contribution in [1.29, 1.82) is 0 Å². The third-order valence-corrected chi connectivity index (χ3v) is 6.54. The Morgan fingerprint density at radius 2 is 1.86 bits per heavy atom. The number of methoxy groups -OCH3 is 1. The highest BCUT2D eigenvalue weighted by Crippen LogP contribution is 2.48. The highest BCUT2D eigenvalue weighted by atomic mass is 19.4. The fraction of sp³-hybridized carbons (Fsp3) is 0.214. The number of nitrogens with zero attached hydrogens (tertiary/aromatic N) is 1. The number of aromatic nitrogens is 1. The molecule has 0 unspecified atom stereocenters. The van der Waals surface area contributed by atoms with E-state index in [4.69, 9.17) is 4.74 Å². The lowest BCUT2D eigenvalue weighted by atomic mass is 9.96. The van der Waals surface area contributed by atoms with Crippen molar-refractivity contribution in [2.45, 2.75) is 25.1 Å². The second-order valence-corrected chi connectivity index (χ2v) is 8.71. The maximum absolute atomic E-state index is 12.8. The van der Waals surface area contributed by atoms with E-state index in [0.29, 0.717) is 13.0 Å². The maximum atomic E-state index is 12.8.